The molecule has 0 aromatic heterocycles. The Morgan fingerprint density at radius 3 is 2.40 bits per heavy atom. The van der Waals surface area contributed by atoms with Crippen LogP contribution in [0.15, 0.2) is 12.1 Å². The van der Waals surface area contributed by atoms with Gasteiger partial charge in [0.05, 0.1) is 5.56 Å². The zero-order valence-corrected chi connectivity index (χ0v) is 17.4. The molecule has 1 amide bonds. The van der Waals surface area contributed by atoms with E-state index < -0.39 is 11.5 Å². The number of carbonyl (C=O) groups excluding carboxylic acids is 1. The third-order valence-corrected chi connectivity index (χ3v) is 6.52. The van der Waals surface area contributed by atoms with E-state index in [1.807, 2.05) is 13.0 Å². The first kappa shape index (κ1) is 18.4. The van der Waals surface area contributed by atoms with Gasteiger partial charge in [-0.25, -0.2) is 4.79 Å². The third kappa shape index (κ3) is 4.42. The minimum Gasteiger partial charge on any atom is -0.480 e. The lowest BCUT2D eigenvalue weighted by Gasteiger charge is -2.26. The molecule has 1 aromatic carbocycles. The number of carbonyl (C=O) groups is 2. The summed E-state index contributed by atoms with van der Waals surface area (Å²) in [6, 6.07) is 3.75. The number of hydrogen-bond acceptors (Lipinski definition) is 2. The van der Waals surface area contributed by atoms with Crippen molar-refractivity contribution >= 4 is 79.6 Å². The van der Waals surface area contributed by atoms with E-state index in [4.69, 9.17) is 0 Å². The number of amides is 1. The molecule has 1 atom stereocenters. The van der Waals surface area contributed by atoms with Crippen molar-refractivity contribution in [3.05, 3.63) is 28.4 Å². The molecule has 20 heavy (non-hydrogen) atoms. The second-order valence-corrected chi connectivity index (χ2v) is 8.08. The van der Waals surface area contributed by atoms with E-state index in [9.17, 15) is 14.7 Å². The molecular weight excluding hydrogens is 599 g/mol. The highest BCUT2D eigenvalue weighted by atomic mass is 127. The number of hydrogen-bond donors (Lipinski definition) is 2. The van der Waals surface area contributed by atoms with Crippen molar-refractivity contribution in [1.82, 2.24) is 5.32 Å². The molecule has 0 aliphatic heterocycles. The van der Waals surface area contributed by atoms with Crippen LogP contribution in [0.2, 0.25) is 0 Å². The second-order valence-electron chi connectivity index (χ2n) is 4.59. The van der Waals surface area contributed by atoms with Crippen molar-refractivity contribution in [3.63, 3.8) is 0 Å². The quantitative estimate of drug-likeness (QED) is 0.392. The second kappa shape index (κ2) is 7.56. The molecule has 0 fully saturated rings. The lowest BCUT2D eigenvalue weighted by atomic mass is 9.96. The number of halogens is 3. The molecule has 2 N–H and O–H groups in total. The smallest absolute Gasteiger partial charge is 0.329 e. The third-order valence-electron chi connectivity index (χ3n) is 2.85. The summed E-state index contributed by atoms with van der Waals surface area (Å²) in [6.45, 7) is 3.44. The van der Waals surface area contributed by atoms with Crippen LogP contribution in [0.25, 0.3) is 0 Å². The maximum atomic E-state index is 12.4. The predicted octanol–water partition coefficient (Wildman–Crippen LogP) is 3.87. The number of aliphatic carboxylic acids is 1. The van der Waals surface area contributed by atoms with Crippen molar-refractivity contribution in [2.75, 3.05) is 0 Å². The molecule has 4 nitrogen and oxygen atoms in total. The molecule has 0 saturated carbocycles. The molecule has 0 heterocycles. The van der Waals surface area contributed by atoms with Gasteiger partial charge in [-0.2, -0.15) is 0 Å². The number of carboxylic acids is 1. The average molecular weight is 613 g/mol. The van der Waals surface area contributed by atoms with Crippen molar-refractivity contribution in [1.29, 1.82) is 0 Å². The molecule has 1 rings (SSSR count). The van der Waals surface area contributed by atoms with Crippen LogP contribution in [0.4, 0.5) is 0 Å². The molecule has 7 heteroatoms. The fourth-order valence-corrected chi connectivity index (χ4v) is 4.16. The summed E-state index contributed by atoms with van der Waals surface area (Å²) in [7, 11) is 0. The monoisotopic (exact) mass is 613 g/mol. The van der Waals surface area contributed by atoms with E-state index in [1.54, 1.807) is 13.0 Å². The van der Waals surface area contributed by atoms with E-state index in [0.29, 0.717) is 18.4 Å². The largest absolute Gasteiger partial charge is 0.480 e. The SMILES string of the molecule is CCCC(C)(NC(=O)c1cc(I)cc(I)c1I)C(=O)O. The van der Waals surface area contributed by atoms with Gasteiger partial charge in [-0.3, -0.25) is 4.79 Å². The van der Waals surface area contributed by atoms with Crippen LogP contribution >= 0.6 is 67.8 Å². The molecule has 0 spiro atoms. The number of benzene rings is 1. The summed E-state index contributed by atoms with van der Waals surface area (Å²) in [5.41, 5.74) is -0.716. The summed E-state index contributed by atoms with van der Waals surface area (Å²) >= 11 is 6.42. The predicted molar refractivity (Wildman–Crippen MR) is 103 cm³/mol. The Morgan fingerprint density at radius 1 is 1.30 bits per heavy atom. The molecule has 0 aliphatic carbocycles. The van der Waals surface area contributed by atoms with Gasteiger partial charge in [0, 0.05) is 10.7 Å². The topological polar surface area (TPSA) is 66.4 Å². The maximum Gasteiger partial charge on any atom is 0.329 e. The molecule has 0 bridgehead atoms. The molecule has 1 aromatic rings. The molecule has 0 radical (unpaired) electrons. The van der Waals surface area contributed by atoms with Gasteiger partial charge in [-0.1, -0.05) is 13.3 Å². The first-order valence-electron chi connectivity index (χ1n) is 5.91. The van der Waals surface area contributed by atoms with Gasteiger partial charge >= 0.3 is 5.97 Å². The molecule has 110 valence electrons. The van der Waals surface area contributed by atoms with E-state index in [2.05, 4.69) is 73.1 Å². The van der Waals surface area contributed by atoms with Gasteiger partial charge in [0.1, 0.15) is 5.54 Å². The van der Waals surface area contributed by atoms with Gasteiger partial charge in [0.15, 0.2) is 0 Å². The Balaban J connectivity index is 3.10. The molecule has 1 unspecified atom stereocenters. The van der Waals surface area contributed by atoms with Crippen molar-refractivity contribution in [2.45, 2.75) is 32.2 Å². The summed E-state index contributed by atoms with van der Waals surface area (Å²) in [4.78, 5) is 23.8. The lowest BCUT2D eigenvalue weighted by Crippen LogP contribution is -2.52. The molecular formula is C13H14I3NO3. The maximum absolute atomic E-state index is 12.4. The van der Waals surface area contributed by atoms with Gasteiger partial charge in [-0.05, 0) is 93.2 Å². The molecule has 0 aliphatic rings. The van der Waals surface area contributed by atoms with Gasteiger partial charge < -0.3 is 10.4 Å². The number of carboxylic acid groups (broad SMARTS) is 1. The van der Waals surface area contributed by atoms with Crippen LogP contribution in [0.3, 0.4) is 0 Å². The van der Waals surface area contributed by atoms with Gasteiger partial charge in [0.25, 0.3) is 5.91 Å². The van der Waals surface area contributed by atoms with Crippen LogP contribution < -0.4 is 5.32 Å². The minimum atomic E-state index is -1.23. The fraction of sp³-hybridized carbons (Fsp3) is 0.385. The van der Waals surface area contributed by atoms with E-state index in [0.717, 1.165) is 10.7 Å². The first-order chi connectivity index (χ1) is 9.21. The van der Waals surface area contributed by atoms with Crippen molar-refractivity contribution < 1.29 is 14.7 Å². The van der Waals surface area contributed by atoms with Crippen LogP contribution in [0.1, 0.15) is 37.0 Å². The summed E-state index contributed by atoms with van der Waals surface area (Å²) in [6.07, 6.45) is 1.08. The Bertz CT molecular complexity index is 548. The Morgan fingerprint density at radius 2 is 1.90 bits per heavy atom. The highest BCUT2D eigenvalue weighted by molar-refractivity contribution is 14.1. The van der Waals surface area contributed by atoms with Crippen LogP contribution in [-0.2, 0) is 4.79 Å². The summed E-state index contributed by atoms with van der Waals surface area (Å²) < 4.78 is 2.77. The normalized spacial score (nSPS) is 13.7. The highest BCUT2D eigenvalue weighted by Gasteiger charge is 2.34. The lowest BCUT2D eigenvalue weighted by molar-refractivity contribution is -0.144. The number of rotatable bonds is 5. The van der Waals surface area contributed by atoms with Crippen LogP contribution in [0, 0.1) is 10.7 Å². The Kier molecular flexibility index (Phi) is 6.96. The van der Waals surface area contributed by atoms with E-state index in [1.165, 1.54) is 0 Å². The van der Waals surface area contributed by atoms with Crippen molar-refractivity contribution in [3.8, 4) is 0 Å². The standard InChI is InChI=1S/C13H14I3NO3/c1-3-4-13(2,12(19)20)17-11(18)8-5-7(14)6-9(15)10(8)16/h5-6H,3-4H2,1-2H3,(H,17,18)(H,19,20). The average Bonchev–Trinajstić information content (AvgIpc) is 2.33. The van der Waals surface area contributed by atoms with Gasteiger partial charge in [0.2, 0.25) is 0 Å². The van der Waals surface area contributed by atoms with Gasteiger partial charge in [-0.15, -0.1) is 0 Å². The van der Waals surface area contributed by atoms with Crippen LogP contribution in [0.5, 0.6) is 0 Å². The van der Waals surface area contributed by atoms with E-state index in [-0.39, 0.29) is 5.91 Å². The van der Waals surface area contributed by atoms with E-state index >= 15 is 0 Å². The van der Waals surface area contributed by atoms with Crippen molar-refractivity contribution in [2.24, 2.45) is 0 Å². The first-order valence-corrected chi connectivity index (χ1v) is 9.15. The molecule has 0 saturated heterocycles. The minimum absolute atomic E-state index is 0.343. The zero-order valence-electron chi connectivity index (χ0n) is 11.0. The summed E-state index contributed by atoms with van der Waals surface area (Å²) in [5, 5.41) is 12.0. The Hall–Kier alpha value is 0.350. The Labute approximate surface area is 158 Å². The zero-order chi connectivity index (χ0) is 15.5. The fourth-order valence-electron chi connectivity index (χ4n) is 1.76. The highest BCUT2D eigenvalue weighted by Crippen LogP contribution is 2.24. The number of nitrogens with one attached hydrogen (secondary N) is 1. The summed E-state index contributed by atoms with van der Waals surface area (Å²) in [5.74, 6) is -1.35. The van der Waals surface area contributed by atoms with Crippen LogP contribution in [-0.4, -0.2) is 22.5 Å².